The van der Waals surface area contributed by atoms with Gasteiger partial charge in [0, 0.05) is 23.7 Å². The van der Waals surface area contributed by atoms with E-state index < -0.39 is 0 Å². The summed E-state index contributed by atoms with van der Waals surface area (Å²) < 4.78 is 5.73. The Bertz CT molecular complexity index is 427. The second-order valence-electron chi connectivity index (χ2n) is 5.82. The molecule has 1 heterocycles. The maximum Gasteiger partial charge on any atom is 0.316 e. The summed E-state index contributed by atoms with van der Waals surface area (Å²) in [5.74, 6) is 0.753. The summed E-state index contributed by atoms with van der Waals surface area (Å²) in [6, 6.07) is 9.97. The van der Waals surface area contributed by atoms with E-state index in [9.17, 15) is 4.79 Å². The van der Waals surface area contributed by atoms with Crippen LogP contribution in [0.5, 0.6) is 0 Å². The lowest BCUT2D eigenvalue weighted by Gasteiger charge is -2.35. The molecule has 1 aromatic rings. The predicted octanol–water partition coefficient (Wildman–Crippen LogP) is 2.07. The van der Waals surface area contributed by atoms with Gasteiger partial charge in [0.2, 0.25) is 0 Å². The van der Waals surface area contributed by atoms with E-state index in [1.807, 2.05) is 44.2 Å². The first kappa shape index (κ1) is 15.4. The molecule has 0 spiro atoms. The number of esters is 1. The average molecular weight is 294 g/mol. The molecule has 0 bridgehead atoms. The monoisotopic (exact) mass is 294 g/mol. The number of carbonyl (C=O) groups is 1. The topological polar surface area (TPSA) is 42.9 Å². The van der Waals surface area contributed by atoms with E-state index >= 15 is 0 Å². The molecular formula is C16H24NO2S+. The molecule has 0 aromatic heterocycles. The molecule has 1 aliphatic rings. The Labute approximate surface area is 125 Å². The highest BCUT2D eigenvalue weighted by Crippen LogP contribution is 2.28. The third-order valence-corrected chi connectivity index (χ3v) is 4.88. The van der Waals surface area contributed by atoms with Crippen LogP contribution in [0.1, 0.15) is 26.7 Å². The number of thioether (sulfide) groups is 1. The molecule has 4 heteroatoms. The van der Waals surface area contributed by atoms with E-state index in [2.05, 4.69) is 5.32 Å². The maximum absolute atomic E-state index is 12.0. The third kappa shape index (κ3) is 4.53. The van der Waals surface area contributed by atoms with Crippen molar-refractivity contribution >= 4 is 17.7 Å². The van der Waals surface area contributed by atoms with Crippen molar-refractivity contribution in [2.24, 2.45) is 5.92 Å². The van der Waals surface area contributed by atoms with E-state index in [4.69, 9.17) is 4.74 Å². The molecule has 0 saturated carbocycles. The second-order valence-corrected chi connectivity index (χ2v) is 6.87. The largest absolute Gasteiger partial charge is 0.459 e. The smallest absolute Gasteiger partial charge is 0.316 e. The molecule has 1 fully saturated rings. The number of carbonyl (C=O) groups excluding carboxylic acids is 1. The van der Waals surface area contributed by atoms with Crippen molar-refractivity contribution in [3.8, 4) is 0 Å². The van der Waals surface area contributed by atoms with Gasteiger partial charge < -0.3 is 10.1 Å². The molecule has 1 aliphatic heterocycles. The molecule has 110 valence electrons. The first-order valence-electron chi connectivity index (χ1n) is 7.29. The molecule has 0 atom stereocenters. The summed E-state index contributed by atoms with van der Waals surface area (Å²) in [5.41, 5.74) is -0.345. The zero-order valence-electron chi connectivity index (χ0n) is 12.3. The molecule has 0 aliphatic carbocycles. The van der Waals surface area contributed by atoms with Crippen LogP contribution in [0.2, 0.25) is 0 Å². The van der Waals surface area contributed by atoms with Crippen LogP contribution in [0.25, 0.3) is 0 Å². The van der Waals surface area contributed by atoms with Crippen molar-refractivity contribution in [3.63, 3.8) is 0 Å². The Balaban J connectivity index is 1.80. The summed E-state index contributed by atoms with van der Waals surface area (Å²) in [7, 11) is 0. The van der Waals surface area contributed by atoms with Crippen molar-refractivity contribution in [1.82, 2.24) is 0 Å². The number of hydrogen-bond acceptors (Lipinski definition) is 3. The fraction of sp³-hybridized carbons (Fsp3) is 0.562. The van der Waals surface area contributed by atoms with Crippen LogP contribution in [0.4, 0.5) is 0 Å². The van der Waals surface area contributed by atoms with Gasteiger partial charge in [0.25, 0.3) is 0 Å². The number of nitrogens with two attached hydrogens (primary N) is 1. The molecule has 20 heavy (non-hydrogen) atoms. The van der Waals surface area contributed by atoms with E-state index in [0.29, 0.717) is 11.7 Å². The number of benzene rings is 1. The van der Waals surface area contributed by atoms with Gasteiger partial charge in [0.15, 0.2) is 0 Å². The molecule has 2 N–H and O–H groups in total. The summed E-state index contributed by atoms with van der Waals surface area (Å²) in [6.45, 7) is 6.39. The lowest BCUT2D eigenvalue weighted by Crippen LogP contribution is -2.86. The fourth-order valence-corrected chi connectivity index (χ4v) is 3.38. The van der Waals surface area contributed by atoms with Gasteiger partial charge in [-0.05, 0) is 26.0 Å². The van der Waals surface area contributed by atoms with Gasteiger partial charge in [0.05, 0.1) is 18.8 Å². The Kier molecular flexibility index (Phi) is 5.49. The van der Waals surface area contributed by atoms with Crippen molar-refractivity contribution in [2.45, 2.75) is 37.2 Å². The number of quaternary nitrogens is 1. The first-order valence-corrected chi connectivity index (χ1v) is 8.28. The minimum Gasteiger partial charge on any atom is -0.459 e. The normalized spacial score (nSPS) is 16.9. The van der Waals surface area contributed by atoms with Crippen LogP contribution in [0.15, 0.2) is 35.2 Å². The molecule has 3 nitrogen and oxygen atoms in total. The van der Waals surface area contributed by atoms with Gasteiger partial charge in [-0.3, -0.25) is 4.79 Å². The molecular weight excluding hydrogens is 270 g/mol. The summed E-state index contributed by atoms with van der Waals surface area (Å²) >= 11 is 1.54. The number of hydrogen-bond donors (Lipinski definition) is 1. The van der Waals surface area contributed by atoms with E-state index in [1.54, 1.807) is 0 Å². The van der Waals surface area contributed by atoms with E-state index in [-0.39, 0.29) is 11.6 Å². The summed E-state index contributed by atoms with van der Waals surface area (Å²) in [5, 5.41) is 2.33. The van der Waals surface area contributed by atoms with Crippen LogP contribution in [0, 0.1) is 5.92 Å². The van der Waals surface area contributed by atoms with Gasteiger partial charge in [-0.25, -0.2) is 0 Å². The molecule has 2 rings (SSSR count). The van der Waals surface area contributed by atoms with E-state index in [0.717, 1.165) is 30.8 Å². The van der Waals surface area contributed by atoms with Crippen LogP contribution in [-0.4, -0.2) is 30.4 Å². The second kappa shape index (κ2) is 7.14. The predicted molar refractivity (Wildman–Crippen MR) is 81.7 cm³/mol. The van der Waals surface area contributed by atoms with Gasteiger partial charge >= 0.3 is 5.97 Å². The summed E-state index contributed by atoms with van der Waals surface area (Å²) in [4.78, 5) is 13.1. The van der Waals surface area contributed by atoms with Crippen molar-refractivity contribution in [1.29, 1.82) is 0 Å². The average Bonchev–Trinajstić information content (AvgIpc) is 2.47. The van der Waals surface area contributed by atoms with Crippen LogP contribution >= 0.6 is 11.8 Å². The highest BCUT2D eigenvalue weighted by Gasteiger charge is 2.35. The van der Waals surface area contributed by atoms with Crippen LogP contribution < -0.4 is 5.32 Å². The molecule has 1 saturated heterocycles. The van der Waals surface area contributed by atoms with Crippen molar-refractivity contribution in [3.05, 3.63) is 30.3 Å². The number of ether oxygens (including phenoxy) is 1. The minimum atomic E-state index is -0.345. The molecule has 0 radical (unpaired) electrons. The SMILES string of the molecule is CC(C)(OC(=O)CSc1ccccc1)C1CC[NH2+]CC1. The lowest BCUT2D eigenvalue weighted by molar-refractivity contribution is -0.665. The Hall–Kier alpha value is -1.00. The fourth-order valence-electron chi connectivity index (χ4n) is 2.69. The van der Waals surface area contributed by atoms with Gasteiger partial charge in [-0.2, -0.15) is 0 Å². The van der Waals surface area contributed by atoms with E-state index in [1.165, 1.54) is 11.8 Å². The Morgan fingerprint density at radius 3 is 2.60 bits per heavy atom. The minimum absolute atomic E-state index is 0.113. The highest BCUT2D eigenvalue weighted by atomic mass is 32.2. The summed E-state index contributed by atoms with van der Waals surface area (Å²) in [6.07, 6.45) is 2.26. The zero-order chi connectivity index (χ0) is 14.4. The number of rotatable bonds is 5. The molecule has 0 unspecified atom stereocenters. The third-order valence-electron chi connectivity index (χ3n) is 3.90. The standard InChI is InChI=1S/C16H23NO2S/c1-16(2,13-8-10-17-11-9-13)19-15(18)12-20-14-6-4-3-5-7-14/h3-7,13,17H,8-12H2,1-2H3/p+1. The van der Waals surface area contributed by atoms with Crippen LogP contribution in [0.3, 0.4) is 0 Å². The van der Waals surface area contributed by atoms with Crippen molar-refractivity contribution < 1.29 is 14.8 Å². The number of piperidine rings is 1. The van der Waals surface area contributed by atoms with Gasteiger partial charge in [0.1, 0.15) is 5.60 Å². The highest BCUT2D eigenvalue weighted by molar-refractivity contribution is 8.00. The first-order chi connectivity index (χ1) is 9.58. The maximum atomic E-state index is 12.0. The van der Waals surface area contributed by atoms with Crippen molar-refractivity contribution in [2.75, 3.05) is 18.8 Å². The van der Waals surface area contributed by atoms with Crippen LogP contribution in [-0.2, 0) is 9.53 Å². The van der Waals surface area contributed by atoms with Gasteiger partial charge in [-0.15, -0.1) is 11.8 Å². The molecule has 0 amide bonds. The Morgan fingerprint density at radius 1 is 1.30 bits per heavy atom. The molecule has 1 aromatic carbocycles. The Morgan fingerprint density at radius 2 is 1.95 bits per heavy atom. The zero-order valence-corrected chi connectivity index (χ0v) is 13.1. The lowest BCUT2D eigenvalue weighted by atomic mass is 9.83. The quantitative estimate of drug-likeness (QED) is 0.668. The van der Waals surface area contributed by atoms with Gasteiger partial charge in [-0.1, -0.05) is 18.2 Å².